The van der Waals surface area contributed by atoms with Crippen molar-refractivity contribution in [3.63, 3.8) is 0 Å². The molecule has 0 spiro atoms. The van der Waals surface area contributed by atoms with Crippen LogP contribution in [0.25, 0.3) is 0 Å². The molecule has 3 nitrogen and oxygen atoms in total. The summed E-state index contributed by atoms with van der Waals surface area (Å²) in [4.78, 5) is 9.81. The Bertz CT molecular complexity index is 285. The van der Waals surface area contributed by atoms with Gasteiger partial charge < -0.3 is 9.47 Å². The van der Waals surface area contributed by atoms with E-state index in [1.807, 2.05) is 6.07 Å². The van der Waals surface area contributed by atoms with Crippen molar-refractivity contribution in [1.82, 2.24) is 0 Å². The number of unbranched alkanes of at least 4 members (excludes halogenated alkanes) is 3. The number of rotatable bonds is 10. The number of carbonyl (C=O) groups is 1. The van der Waals surface area contributed by atoms with Gasteiger partial charge in [0.25, 0.3) is 6.47 Å². The zero-order valence-electron chi connectivity index (χ0n) is 10.1. The summed E-state index contributed by atoms with van der Waals surface area (Å²) in [5.74, 6) is 0. The van der Waals surface area contributed by atoms with Crippen molar-refractivity contribution in [2.75, 3.05) is 13.4 Å². The summed E-state index contributed by atoms with van der Waals surface area (Å²) in [6.45, 7) is 1.15. The van der Waals surface area contributed by atoms with Gasteiger partial charge in [0.05, 0.1) is 6.61 Å². The van der Waals surface area contributed by atoms with Crippen LogP contribution in [0.5, 0.6) is 0 Å². The van der Waals surface area contributed by atoms with E-state index in [-0.39, 0.29) is 6.79 Å². The molecular weight excluding hydrogens is 216 g/mol. The molecule has 0 radical (unpaired) electrons. The van der Waals surface area contributed by atoms with Crippen molar-refractivity contribution in [1.29, 1.82) is 0 Å². The molecule has 0 unspecified atom stereocenters. The summed E-state index contributed by atoms with van der Waals surface area (Å²) in [7, 11) is 0. The summed E-state index contributed by atoms with van der Waals surface area (Å²) < 4.78 is 9.50. The van der Waals surface area contributed by atoms with Gasteiger partial charge in [-0.05, 0) is 24.8 Å². The predicted octanol–water partition coefficient (Wildman–Crippen LogP) is 2.94. The van der Waals surface area contributed by atoms with Crippen LogP contribution >= 0.6 is 0 Å². The van der Waals surface area contributed by atoms with Gasteiger partial charge in [-0.15, -0.1) is 0 Å². The van der Waals surface area contributed by atoms with Crippen LogP contribution in [0.4, 0.5) is 0 Å². The number of aryl methyl sites for hydroxylation is 1. The highest BCUT2D eigenvalue weighted by Crippen LogP contribution is 2.07. The Morgan fingerprint density at radius 2 is 1.76 bits per heavy atom. The molecule has 0 fully saturated rings. The van der Waals surface area contributed by atoms with Gasteiger partial charge in [0.1, 0.15) is 0 Å². The van der Waals surface area contributed by atoms with E-state index in [4.69, 9.17) is 4.74 Å². The number of hydrogen-bond donors (Lipinski definition) is 0. The highest BCUT2D eigenvalue weighted by Gasteiger charge is 1.93. The molecule has 0 amide bonds. The molecule has 0 aromatic heterocycles. The van der Waals surface area contributed by atoms with Crippen molar-refractivity contribution in [3.05, 3.63) is 35.9 Å². The van der Waals surface area contributed by atoms with Crippen LogP contribution in [0.1, 0.15) is 31.2 Å². The second kappa shape index (κ2) is 9.85. The Morgan fingerprint density at radius 1 is 1.00 bits per heavy atom. The molecule has 0 aliphatic rings. The maximum Gasteiger partial charge on any atom is 0.295 e. The Balaban J connectivity index is 1.86. The van der Waals surface area contributed by atoms with E-state index in [2.05, 4.69) is 29.0 Å². The van der Waals surface area contributed by atoms with E-state index in [1.54, 1.807) is 0 Å². The molecule has 0 aliphatic carbocycles. The second-order valence-corrected chi connectivity index (χ2v) is 3.94. The van der Waals surface area contributed by atoms with Crippen LogP contribution in [0.15, 0.2) is 30.3 Å². The molecule has 3 heteroatoms. The molecule has 0 heterocycles. The maximum absolute atomic E-state index is 9.81. The predicted molar refractivity (Wildman–Crippen MR) is 66.6 cm³/mol. The smallest absolute Gasteiger partial charge is 0.295 e. The lowest BCUT2D eigenvalue weighted by molar-refractivity contribution is -0.140. The lowest BCUT2D eigenvalue weighted by Gasteiger charge is -2.03. The van der Waals surface area contributed by atoms with Crippen LogP contribution in [-0.4, -0.2) is 19.9 Å². The van der Waals surface area contributed by atoms with Gasteiger partial charge in [-0.3, -0.25) is 4.79 Å². The lowest BCUT2D eigenvalue weighted by atomic mass is 10.1. The van der Waals surface area contributed by atoms with Crippen LogP contribution in [0, 0.1) is 0 Å². The summed E-state index contributed by atoms with van der Waals surface area (Å²) in [6, 6.07) is 10.5. The van der Waals surface area contributed by atoms with Gasteiger partial charge in [0, 0.05) is 0 Å². The van der Waals surface area contributed by atoms with Gasteiger partial charge in [-0.2, -0.15) is 0 Å². The number of hydrogen-bond acceptors (Lipinski definition) is 3. The van der Waals surface area contributed by atoms with Crippen LogP contribution in [0.3, 0.4) is 0 Å². The minimum Gasteiger partial charge on any atom is -0.441 e. The van der Waals surface area contributed by atoms with E-state index >= 15 is 0 Å². The van der Waals surface area contributed by atoms with Crippen LogP contribution in [-0.2, 0) is 20.7 Å². The second-order valence-electron chi connectivity index (χ2n) is 3.94. The summed E-state index contributed by atoms with van der Waals surface area (Å²) in [5, 5.41) is 0. The number of carbonyl (C=O) groups excluding carboxylic acids is 1. The molecule has 0 saturated carbocycles. The standard InChI is InChI=1S/C14H20O3/c15-12-17-13-16-11-7-2-1-4-8-14-9-5-3-6-10-14/h3,5-6,9-10,12H,1-2,4,7-8,11,13H2. The van der Waals surface area contributed by atoms with Gasteiger partial charge in [0.2, 0.25) is 0 Å². The van der Waals surface area contributed by atoms with Crippen LogP contribution in [0.2, 0.25) is 0 Å². The average Bonchev–Trinajstić information content (AvgIpc) is 2.38. The van der Waals surface area contributed by atoms with Crippen molar-refractivity contribution >= 4 is 6.47 Å². The van der Waals surface area contributed by atoms with Crippen molar-refractivity contribution in [2.45, 2.75) is 32.1 Å². The number of ether oxygens (including phenoxy) is 2. The minimum atomic E-state index is 0.0769. The fraction of sp³-hybridized carbons (Fsp3) is 0.500. The fourth-order valence-electron chi connectivity index (χ4n) is 1.67. The summed E-state index contributed by atoms with van der Waals surface area (Å²) >= 11 is 0. The van der Waals surface area contributed by atoms with Crippen LogP contribution < -0.4 is 0 Å². The van der Waals surface area contributed by atoms with E-state index in [1.165, 1.54) is 18.4 Å². The quantitative estimate of drug-likeness (QED) is 0.356. The Hall–Kier alpha value is -1.35. The Morgan fingerprint density at radius 3 is 2.53 bits per heavy atom. The lowest BCUT2D eigenvalue weighted by Crippen LogP contribution is -2.00. The molecule has 0 saturated heterocycles. The van der Waals surface area contributed by atoms with Gasteiger partial charge in [-0.25, -0.2) is 0 Å². The zero-order chi connectivity index (χ0) is 12.2. The van der Waals surface area contributed by atoms with Crippen molar-refractivity contribution in [2.24, 2.45) is 0 Å². The molecule has 94 valence electrons. The average molecular weight is 236 g/mol. The Labute approximate surface area is 103 Å². The molecule has 1 rings (SSSR count). The molecule has 1 aromatic rings. The normalized spacial score (nSPS) is 10.1. The van der Waals surface area contributed by atoms with Crippen molar-refractivity contribution < 1.29 is 14.3 Å². The highest BCUT2D eigenvalue weighted by molar-refractivity contribution is 5.36. The van der Waals surface area contributed by atoms with E-state index in [9.17, 15) is 4.79 Å². The minimum absolute atomic E-state index is 0.0769. The first-order chi connectivity index (χ1) is 8.43. The SMILES string of the molecule is O=COCOCCCCCCc1ccccc1. The molecule has 0 N–H and O–H groups in total. The van der Waals surface area contributed by atoms with Gasteiger partial charge in [-0.1, -0.05) is 43.2 Å². The molecule has 17 heavy (non-hydrogen) atoms. The topological polar surface area (TPSA) is 35.5 Å². The molecule has 0 bridgehead atoms. The molecule has 0 atom stereocenters. The van der Waals surface area contributed by atoms with Gasteiger partial charge >= 0.3 is 0 Å². The van der Waals surface area contributed by atoms with Crippen molar-refractivity contribution in [3.8, 4) is 0 Å². The molecule has 0 aliphatic heterocycles. The molecule has 1 aromatic carbocycles. The first-order valence-corrected chi connectivity index (χ1v) is 6.10. The third-order valence-electron chi connectivity index (χ3n) is 2.57. The zero-order valence-corrected chi connectivity index (χ0v) is 10.1. The Kier molecular flexibility index (Phi) is 7.94. The van der Waals surface area contributed by atoms with E-state index < -0.39 is 0 Å². The first kappa shape index (κ1) is 13.7. The fourth-order valence-corrected chi connectivity index (χ4v) is 1.67. The third kappa shape index (κ3) is 7.53. The van der Waals surface area contributed by atoms with E-state index in [0.29, 0.717) is 13.1 Å². The summed E-state index contributed by atoms with van der Waals surface area (Å²) in [6.07, 6.45) is 5.77. The largest absolute Gasteiger partial charge is 0.441 e. The number of benzene rings is 1. The monoisotopic (exact) mass is 236 g/mol. The van der Waals surface area contributed by atoms with E-state index in [0.717, 1.165) is 19.3 Å². The highest BCUT2D eigenvalue weighted by atomic mass is 16.7. The molecular formula is C14H20O3. The maximum atomic E-state index is 9.81. The third-order valence-corrected chi connectivity index (χ3v) is 2.57. The first-order valence-electron chi connectivity index (χ1n) is 6.10. The summed E-state index contributed by atoms with van der Waals surface area (Å²) in [5.41, 5.74) is 1.41. The van der Waals surface area contributed by atoms with Gasteiger partial charge in [0.15, 0.2) is 6.79 Å².